The molecule has 0 saturated heterocycles. The largest absolute Gasteiger partial charge is 0.371 e. The van der Waals surface area contributed by atoms with Crippen molar-refractivity contribution in [2.75, 3.05) is 0 Å². The molecule has 0 spiro atoms. The zero-order valence-electron chi connectivity index (χ0n) is 12.1. The van der Waals surface area contributed by atoms with Gasteiger partial charge in [-0.3, -0.25) is 4.79 Å². The SMILES string of the molecule is CC1(OCc2cc(F)c(C(N)=O)cc2Cl)CCC(F)(F)CC1. The molecule has 1 fully saturated rings. The van der Waals surface area contributed by atoms with E-state index in [1.807, 2.05) is 0 Å². The summed E-state index contributed by atoms with van der Waals surface area (Å²) >= 11 is 5.98. The fraction of sp³-hybridized carbons (Fsp3) is 0.533. The number of rotatable bonds is 4. The lowest BCUT2D eigenvalue weighted by Crippen LogP contribution is -2.38. The highest BCUT2D eigenvalue weighted by Gasteiger charge is 2.41. The third-order valence-corrected chi connectivity index (χ3v) is 4.37. The van der Waals surface area contributed by atoms with Crippen molar-refractivity contribution in [1.29, 1.82) is 0 Å². The van der Waals surface area contributed by atoms with E-state index in [4.69, 9.17) is 22.1 Å². The normalized spacial score (nSPS) is 19.9. The molecule has 2 rings (SSSR count). The molecule has 3 nitrogen and oxygen atoms in total. The second-order valence-corrected chi connectivity index (χ2v) is 6.29. The van der Waals surface area contributed by atoms with E-state index in [1.54, 1.807) is 6.92 Å². The Bertz CT molecular complexity index is 582. The summed E-state index contributed by atoms with van der Waals surface area (Å²) in [6.45, 7) is 1.74. The van der Waals surface area contributed by atoms with Gasteiger partial charge in [0.15, 0.2) is 0 Å². The number of benzene rings is 1. The van der Waals surface area contributed by atoms with Gasteiger partial charge in [0.2, 0.25) is 5.92 Å². The quantitative estimate of drug-likeness (QED) is 0.902. The third kappa shape index (κ3) is 3.93. The first-order chi connectivity index (χ1) is 10.1. The highest BCUT2D eigenvalue weighted by Crippen LogP contribution is 2.40. The van der Waals surface area contributed by atoms with Gasteiger partial charge in [0, 0.05) is 17.9 Å². The highest BCUT2D eigenvalue weighted by molar-refractivity contribution is 6.31. The van der Waals surface area contributed by atoms with Crippen LogP contribution in [0.25, 0.3) is 0 Å². The number of amides is 1. The summed E-state index contributed by atoms with van der Waals surface area (Å²) in [5.74, 6) is -4.33. The predicted octanol–water partition coefficient (Wildman–Crippen LogP) is 4.06. The zero-order chi connectivity index (χ0) is 16.5. The Morgan fingerprint density at radius 2 is 1.91 bits per heavy atom. The van der Waals surface area contributed by atoms with Gasteiger partial charge in [0.05, 0.1) is 17.8 Å². The Morgan fingerprint density at radius 1 is 1.32 bits per heavy atom. The van der Waals surface area contributed by atoms with E-state index in [0.717, 1.165) is 12.1 Å². The van der Waals surface area contributed by atoms with Gasteiger partial charge in [-0.15, -0.1) is 0 Å². The topological polar surface area (TPSA) is 52.3 Å². The fourth-order valence-corrected chi connectivity index (χ4v) is 2.65. The number of ether oxygens (including phenoxy) is 1. The molecule has 1 amide bonds. The van der Waals surface area contributed by atoms with Gasteiger partial charge in [-0.1, -0.05) is 11.6 Å². The molecule has 0 aromatic heterocycles. The fourth-order valence-electron chi connectivity index (χ4n) is 2.43. The predicted molar refractivity (Wildman–Crippen MR) is 76.5 cm³/mol. The number of halogens is 4. The first-order valence-corrected chi connectivity index (χ1v) is 7.29. The number of hydrogen-bond acceptors (Lipinski definition) is 2. The van der Waals surface area contributed by atoms with E-state index >= 15 is 0 Å². The minimum atomic E-state index is -2.64. The molecule has 7 heteroatoms. The minimum absolute atomic E-state index is 0.0170. The Hall–Kier alpha value is -1.27. The van der Waals surface area contributed by atoms with Crippen molar-refractivity contribution in [2.24, 2.45) is 5.73 Å². The molecule has 1 aliphatic carbocycles. The van der Waals surface area contributed by atoms with E-state index in [9.17, 15) is 18.0 Å². The molecule has 0 atom stereocenters. The van der Waals surface area contributed by atoms with Crippen LogP contribution in [0.15, 0.2) is 12.1 Å². The summed E-state index contributed by atoms with van der Waals surface area (Å²) in [5.41, 5.74) is 4.40. The molecule has 22 heavy (non-hydrogen) atoms. The van der Waals surface area contributed by atoms with E-state index in [1.165, 1.54) is 0 Å². The maximum Gasteiger partial charge on any atom is 0.251 e. The Labute approximate surface area is 131 Å². The molecule has 1 aromatic carbocycles. The molecule has 2 N–H and O–H groups in total. The van der Waals surface area contributed by atoms with E-state index in [2.05, 4.69) is 0 Å². The van der Waals surface area contributed by atoms with Crippen LogP contribution >= 0.6 is 11.6 Å². The van der Waals surface area contributed by atoms with Gasteiger partial charge in [0.1, 0.15) is 5.82 Å². The maximum atomic E-state index is 13.7. The average Bonchev–Trinajstić information content (AvgIpc) is 2.43. The Kier molecular flexibility index (Phi) is 4.73. The van der Waals surface area contributed by atoms with Crippen LogP contribution in [-0.2, 0) is 11.3 Å². The second-order valence-electron chi connectivity index (χ2n) is 5.88. The van der Waals surface area contributed by atoms with Crippen LogP contribution in [0.3, 0.4) is 0 Å². The van der Waals surface area contributed by atoms with Gasteiger partial charge in [0.25, 0.3) is 5.91 Å². The van der Waals surface area contributed by atoms with Crippen LogP contribution in [0.2, 0.25) is 5.02 Å². The standard InChI is InChI=1S/C15H17ClF3NO2/c1-14(2-4-15(18,19)5-3-14)22-8-9-6-12(17)10(13(20)21)7-11(9)16/h6-7H,2-5,8H2,1H3,(H2,20,21). The molecular formula is C15H17ClF3NO2. The lowest BCUT2D eigenvalue weighted by Gasteiger charge is -2.37. The summed E-state index contributed by atoms with van der Waals surface area (Å²) in [6, 6.07) is 2.23. The zero-order valence-corrected chi connectivity index (χ0v) is 12.9. The second kappa shape index (κ2) is 6.08. The van der Waals surface area contributed by atoms with Crippen molar-refractivity contribution in [2.45, 2.75) is 50.7 Å². The number of carbonyl (C=O) groups excluding carboxylic acids is 1. The van der Waals surface area contributed by atoms with Crippen molar-refractivity contribution in [1.82, 2.24) is 0 Å². The van der Waals surface area contributed by atoms with Crippen LogP contribution < -0.4 is 5.73 Å². The molecule has 122 valence electrons. The van der Waals surface area contributed by atoms with Crippen molar-refractivity contribution >= 4 is 17.5 Å². The molecule has 0 unspecified atom stereocenters. The smallest absolute Gasteiger partial charge is 0.251 e. The van der Waals surface area contributed by atoms with Crippen LogP contribution in [-0.4, -0.2) is 17.4 Å². The lowest BCUT2D eigenvalue weighted by atomic mass is 9.84. The van der Waals surface area contributed by atoms with Crippen molar-refractivity contribution in [3.63, 3.8) is 0 Å². The summed E-state index contributed by atoms with van der Waals surface area (Å²) in [4.78, 5) is 11.0. The van der Waals surface area contributed by atoms with Crippen LogP contribution in [0.5, 0.6) is 0 Å². The van der Waals surface area contributed by atoms with E-state index in [-0.39, 0.29) is 42.9 Å². The number of nitrogens with two attached hydrogens (primary N) is 1. The average molecular weight is 336 g/mol. The number of carbonyl (C=O) groups is 1. The molecule has 0 bridgehead atoms. The van der Waals surface area contributed by atoms with Crippen molar-refractivity contribution in [3.05, 3.63) is 34.1 Å². The molecule has 0 radical (unpaired) electrons. The first kappa shape index (κ1) is 17.1. The van der Waals surface area contributed by atoms with Gasteiger partial charge in [-0.25, -0.2) is 13.2 Å². The molecule has 1 aromatic rings. The summed E-state index contributed by atoms with van der Waals surface area (Å²) in [5, 5.41) is 0.153. The summed E-state index contributed by atoms with van der Waals surface area (Å²) < 4.78 is 45.8. The summed E-state index contributed by atoms with van der Waals surface area (Å²) in [6.07, 6.45) is -0.0165. The maximum absolute atomic E-state index is 13.7. The van der Waals surface area contributed by atoms with Crippen molar-refractivity contribution < 1.29 is 22.7 Å². The van der Waals surface area contributed by atoms with Crippen LogP contribution in [0, 0.1) is 5.82 Å². The van der Waals surface area contributed by atoms with Gasteiger partial charge in [-0.05, 0) is 37.5 Å². The molecular weight excluding hydrogens is 319 g/mol. The van der Waals surface area contributed by atoms with Crippen LogP contribution in [0.1, 0.15) is 48.5 Å². The Balaban J connectivity index is 2.06. The highest BCUT2D eigenvalue weighted by atomic mass is 35.5. The summed E-state index contributed by atoms with van der Waals surface area (Å²) in [7, 11) is 0. The van der Waals surface area contributed by atoms with E-state index in [0.29, 0.717) is 5.56 Å². The first-order valence-electron chi connectivity index (χ1n) is 6.91. The Morgan fingerprint density at radius 3 is 2.45 bits per heavy atom. The van der Waals surface area contributed by atoms with Crippen LogP contribution in [0.4, 0.5) is 13.2 Å². The van der Waals surface area contributed by atoms with Gasteiger partial charge in [-0.2, -0.15) is 0 Å². The third-order valence-electron chi connectivity index (χ3n) is 4.02. The molecule has 0 heterocycles. The molecule has 0 aliphatic heterocycles. The van der Waals surface area contributed by atoms with Gasteiger partial charge < -0.3 is 10.5 Å². The number of primary amides is 1. The minimum Gasteiger partial charge on any atom is -0.371 e. The van der Waals surface area contributed by atoms with Crippen molar-refractivity contribution in [3.8, 4) is 0 Å². The van der Waals surface area contributed by atoms with E-state index < -0.39 is 23.2 Å². The molecule has 1 saturated carbocycles. The molecule has 1 aliphatic rings. The monoisotopic (exact) mass is 335 g/mol. The van der Waals surface area contributed by atoms with Gasteiger partial charge >= 0.3 is 0 Å². The number of alkyl halides is 2. The lowest BCUT2D eigenvalue weighted by molar-refractivity contribution is -0.129. The number of hydrogen-bond donors (Lipinski definition) is 1.